The molecule has 0 aliphatic rings. The highest BCUT2D eigenvalue weighted by Crippen LogP contribution is 2.30. The monoisotopic (exact) mass is 412 g/mol. The molecule has 0 saturated heterocycles. The number of benzene rings is 1. The largest absolute Gasteiger partial charge is 0.450 e. The Bertz CT molecular complexity index is 957. The lowest BCUT2D eigenvalue weighted by Crippen LogP contribution is -2.37. The molecule has 2 rings (SSSR count). The van der Waals surface area contributed by atoms with Crippen LogP contribution in [-0.2, 0) is 10.9 Å². The van der Waals surface area contributed by atoms with E-state index in [-0.39, 0.29) is 31.1 Å². The van der Waals surface area contributed by atoms with Gasteiger partial charge in [-0.15, -0.1) is 0 Å². The fraction of sp³-hybridized carbons (Fsp3) is 0.333. The maximum absolute atomic E-state index is 13.0. The summed E-state index contributed by atoms with van der Waals surface area (Å²) in [6.45, 7) is 3.37. The van der Waals surface area contributed by atoms with E-state index in [1.165, 1.54) is 19.1 Å². The molecule has 1 heterocycles. The van der Waals surface area contributed by atoms with Crippen molar-refractivity contribution in [3.63, 3.8) is 0 Å². The van der Waals surface area contributed by atoms with Gasteiger partial charge in [-0.05, 0) is 32.0 Å². The van der Waals surface area contributed by atoms with E-state index in [4.69, 9.17) is 0 Å². The molecule has 29 heavy (non-hydrogen) atoms. The summed E-state index contributed by atoms with van der Waals surface area (Å²) in [5, 5.41) is 8.71. The van der Waals surface area contributed by atoms with Crippen LogP contribution in [0.4, 0.5) is 18.0 Å². The lowest BCUT2D eigenvalue weighted by Gasteiger charge is -2.13. The van der Waals surface area contributed by atoms with Crippen LogP contribution in [0.3, 0.4) is 0 Å². The minimum atomic E-state index is -4.55. The molecule has 0 radical (unpaired) electrons. The molecule has 0 aliphatic carbocycles. The van der Waals surface area contributed by atoms with Crippen molar-refractivity contribution in [1.29, 1.82) is 0 Å². The van der Waals surface area contributed by atoms with Crippen LogP contribution in [0.5, 0.6) is 0 Å². The third kappa shape index (κ3) is 5.80. The van der Waals surface area contributed by atoms with Gasteiger partial charge in [0.05, 0.1) is 17.9 Å². The SMILES string of the molecule is CCOC(=O)NCCNC(=O)c1nn(-c2cccc(C(F)(F)F)c2)c(C)cc1=O. The number of alkyl halides is 3. The summed E-state index contributed by atoms with van der Waals surface area (Å²) in [5.74, 6) is -0.818. The van der Waals surface area contributed by atoms with Gasteiger partial charge in [0.1, 0.15) is 0 Å². The smallest absolute Gasteiger partial charge is 0.416 e. The van der Waals surface area contributed by atoms with Crippen LogP contribution in [0.25, 0.3) is 5.69 Å². The van der Waals surface area contributed by atoms with Crippen LogP contribution in [0.2, 0.25) is 0 Å². The van der Waals surface area contributed by atoms with E-state index >= 15 is 0 Å². The van der Waals surface area contributed by atoms with Gasteiger partial charge in [-0.1, -0.05) is 6.07 Å². The van der Waals surface area contributed by atoms with E-state index < -0.39 is 34.9 Å². The Balaban J connectivity index is 2.20. The number of hydrogen-bond donors (Lipinski definition) is 2. The molecule has 11 heteroatoms. The number of hydrogen-bond acceptors (Lipinski definition) is 5. The molecule has 1 aromatic carbocycles. The fourth-order valence-corrected chi connectivity index (χ4v) is 2.39. The number of nitrogens with one attached hydrogen (secondary N) is 2. The number of ether oxygens (including phenoxy) is 1. The molecule has 0 atom stereocenters. The third-order valence-electron chi connectivity index (χ3n) is 3.70. The summed E-state index contributed by atoms with van der Waals surface area (Å²) in [4.78, 5) is 35.5. The Hall–Kier alpha value is -3.37. The number of carbonyl (C=O) groups excluding carboxylic acids is 2. The Morgan fingerprint density at radius 3 is 2.52 bits per heavy atom. The lowest BCUT2D eigenvalue weighted by molar-refractivity contribution is -0.137. The second-order valence-electron chi connectivity index (χ2n) is 5.86. The Labute approximate surface area is 163 Å². The minimum Gasteiger partial charge on any atom is -0.450 e. The number of aromatic nitrogens is 2. The first-order chi connectivity index (χ1) is 13.6. The first-order valence-corrected chi connectivity index (χ1v) is 8.61. The fourth-order valence-electron chi connectivity index (χ4n) is 2.39. The van der Waals surface area contributed by atoms with Crippen LogP contribution in [0, 0.1) is 6.92 Å². The summed E-state index contributed by atoms with van der Waals surface area (Å²) in [5.41, 5.74) is -1.73. The molecule has 0 fully saturated rings. The molecule has 0 saturated carbocycles. The highest BCUT2D eigenvalue weighted by Gasteiger charge is 2.30. The molecule has 8 nitrogen and oxygen atoms in total. The van der Waals surface area contributed by atoms with E-state index in [1.54, 1.807) is 6.92 Å². The summed E-state index contributed by atoms with van der Waals surface area (Å²) in [7, 11) is 0. The number of nitrogens with zero attached hydrogens (tertiary/aromatic N) is 2. The Morgan fingerprint density at radius 1 is 1.17 bits per heavy atom. The van der Waals surface area contributed by atoms with Crippen LogP contribution in [0.15, 0.2) is 35.1 Å². The summed E-state index contributed by atoms with van der Waals surface area (Å²) < 4.78 is 44.6. The second kappa shape index (κ2) is 9.22. The van der Waals surface area contributed by atoms with Gasteiger partial charge in [0, 0.05) is 24.8 Å². The molecule has 2 N–H and O–H groups in total. The maximum Gasteiger partial charge on any atom is 0.416 e. The van der Waals surface area contributed by atoms with Gasteiger partial charge in [0.25, 0.3) is 5.91 Å². The molecule has 1 aromatic heterocycles. The van der Waals surface area contributed by atoms with Crippen molar-refractivity contribution in [3.05, 3.63) is 57.5 Å². The normalized spacial score (nSPS) is 11.1. The number of amides is 2. The molecule has 156 valence electrons. The molecular weight excluding hydrogens is 393 g/mol. The van der Waals surface area contributed by atoms with Crippen molar-refractivity contribution in [2.45, 2.75) is 20.0 Å². The van der Waals surface area contributed by atoms with E-state index in [0.717, 1.165) is 22.9 Å². The number of halogens is 3. The predicted octanol–water partition coefficient (Wildman–Crippen LogP) is 2.04. The number of carbonyl (C=O) groups is 2. The Morgan fingerprint density at radius 2 is 1.86 bits per heavy atom. The van der Waals surface area contributed by atoms with E-state index in [9.17, 15) is 27.6 Å². The van der Waals surface area contributed by atoms with Crippen molar-refractivity contribution in [1.82, 2.24) is 20.4 Å². The molecular formula is C18H19F3N4O4. The predicted molar refractivity (Wildman–Crippen MR) is 96.9 cm³/mol. The highest BCUT2D eigenvalue weighted by molar-refractivity contribution is 5.92. The van der Waals surface area contributed by atoms with E-state index in [0.29, 0.717) is 0 Å². The van der Waals surface area contributed by atoms with Crippen molar-refractivity contribution >= 4 is 12.0 Å². The molecule has 0 unspecified atom stereocenters. The first-order valence-electron chi connectivity index (χ1n) is 8.61. The molecule has 2 amide bonds. The van der Waals surface area contributed by atoms with Gasteiger partial charge in [-0.2, -0.15) is 18.3 Å². The number of rotatable bonds is 6. The number of aryl methyl sites for hydroxylation is 1. The summed E-state index contributed by atoms with van der Waals surface area (Å²) in [6, 6.07) is 5.48. The average Bonchev–Trinajstić information content (AvgIpc) is 2.65. The van der Waals surface area contributed by atoms with Gasteiger partial charge < -0.3 is 15.4 Å². The Kier molecular flexibility index (Phi) is 6.97. The molecule has 0 bridgehead atoms. The van der Waals surface area contributed by atoms with Crippen molar-refractivity contribution in [2.24, 2.45) is 0 Å². The highest BCUT2D eigenvalue weighted by atomic mass is 19.4. The second-order valence-corrected chi connectivity index (χ2v) is 5.86. The molecule has 0 aliphatic heterocycles. The zero-order valence-electron chi connectivity index (χ0n) is 15.7. The van der Waals surface area contributed by atoms with Crippen LogP contribution >= 0.6 is 0 Å². The van der Waals surface area contributed by atoms with Crippen molar-refractivity contribution in [2.75, 3.05) is 19.7 Å². The molecule has 0 spiro atoms. The summed E-state index contributed by atoms with van der Waals surface area (Å²) >= 11 is 0. The van der Waals surface area contributed by atoms with Crippen molar-refractivity contribution in [3.8, 4) is 5.69 Å². The van der Waals surface area contributed by atoms with Crippen LogP contribution in [0.1, 0.15) is 28.7 Å². The van der Waals surface area contributed by atoms with Crippen molar-refractivity contribution < 1.29 is 27.5 Å². The van der Waals surface area contributed by atoms with Gasteiger partial charge in [-0.3, -0.25) is 9.59 Å². The molecule has 2 aromatic rings. The first kappa shape index (κ1) is 21.9. The lowest BCUT2D eigenvalue weighted by atomic mass is 10.2. The topological polar surface area (TPSA) is 102 Å². The average molecular weight is 412 g/mol. The van der Waals surface area contributed by atoms with Crippen LogP contribution in [-0.4, -0.2) is 41.5 Å². The van der Waals surface area contributed by atoms with Gasteiger partial charge in [0.2, 0.25) is 5.43 Å². The standard InChI is InChI=1S/C18H19F3N4O4/c1-3-29-17(28)23-8-7-22-16(27)15-14(26)9-11(2)25(24-15)13-6-4-5-12(10-13)18(19,20)21/h4-6,9-10H,3,7-8H2,1-2H3,(H,22,27)(H,23,28). The van der Waals surface area contributed by atoms with Gasteiger partial charge in [0.15, 0.2) is 5.69 Å². The van der Waals surface area contributed by atoms with Crippen LogP contribution < -0.4 is 16.1 Å². The maximum atomic E-state index is 13.0. The zero-order valence-corrected chi connectivity index (χ0v) is 15.7. The number of alkyl carbamates (subject to hydrolysis) is 1. The summed E-state index contributed by atoms with van der Waals surface area (Å²) in [6.07, 6.45) is -5.20. The zero-order chi connectivity index (χ0) is 21.6. The van der Waals surface area contributed by atoms with Gasteiger partial charge in [-0.25, -0.2) is 9.48 Å². The quantitative estimate of drug-likeness (QED) is 0.707. The van der Waals surface area contributed by atoms with E-state index in [1.807, 2.05) is 0 Å². The third-order valence-corrected chi connectivity index (χ3v) is 3.70. The minimum absolute atomic E-state index is 0.00377. The van der Waals surface area contributed by atoms with E-state index in [2.05, 4.69) is 20.5 Å². The van der Waals surface area contributed by atoms with Gasteiger partial charge >= 0.3 is 12.3 Å².